The third-order valence-electron chi connectivity index (χ3n) is 5.06. The van der Waals surface area contributed by atoms with Crippen molar-refractivity contribution in [3.63, 3.8) is 0 Å². The van der Waals surface area contributed by atoms with Crippen LogP contribution in [0.15, 0.2) is 40.2 Å². The smallest absolute Gasteiger partial charge is 0.288 e. The molecule has 0 spiro atoms. The molecule has 9 heteroatoms. The second-order valence-electron chi connectivity index (χ2n) is 7.28. The summed E-state index contributed by atoms with van der Waals surface area (Å²) in [4.78, 5) is 33.5. The highest BCUT2D eigenvalue weighted by Crippen LogP contribution is 2.26. The van der Waals surface area contributed by atoms with Crippen LogP contribution in [0.25, 0.3) is 4.96 Å². The predicted octanol–water partition coefficient (Wildman–Crippen LogP) is 3.04. The molecular weight excluding hydrogens is 406 g/mol. The SMILES string of the molecule is CSc1ccc(CNC(=O)c2cnc3sc(N4CCC[C@H](C)C4)nn3c2=O)cc1. The zero-order valence-electron chi connectivity index (χ0n) is 16.4. The van der Waals surface area contributed by atoms with Gasteiger partial charge in [0, 0.05) is 30.7 Å². The lowest BCUT2D eigenvalue weighted by Gasteiger charge is -2.30. The molecule has 0 aliphatic carbocycles. The zero-order chi connectivity index (χ0) is 20.4. The summed E-state index contributed by atoms with van der Waals surface area (Å²) in [6.45, 7) is 4.43. The van der Waals surface area contributed by atoms with Crippen LogP contribution in [0, 0.1) is 5.92 Å². The number of anilines is 1. The number of aromatic nitrogens is 3. The topological polar surface area (TPSA) is 79.6 Å². The average molecular weight is 430 g/mol. The number of thioether (sulfide) groups is 1. The summed E-state index contributed by atoms with van der Waals surface area (Å²) in [6, 6.07) is 7.94. The van der Waals surface area contributed by atoms with E-state index >= 15 is 0 Å². The molecule has 152 valence electrons. The van der Waals surface area contributed by atoms with Crippen LogP contribution < -0.4 is 15.8 Å². The minimum Gasteiger partial charge on any atom is -0.348 e. The van der Waals surface area contributed by atoms with E-state index in [1.807, 2.05) is 30.5 Å². The normalized spacial score (nSPS) is 16.9. The molecule has 4 rings (SSSR count). The third-order valence-corrected chi connectivity index (χ3v) is 6.79. The summed E-state index contributed by atoms with van der Waals surface area (Å²) in [5.41, 5.74) is 0.547. The number of rotatable bonds is 5. The van der Waals surface area contributed by atoms with Crippen molar-refractivity contribution < 1.29 is 4.79 Å². The molecule has 0 radical (unpaired) electrons. The molecular formula is C20H23N5O2S2. The number of nitrogens with zero attached hydrogens (tertiary/aromatic N) is 4. The van der Waals surface area contributed by atoms with Gasteiger partial charge < -0.3 is 10.2 Å². The second-order valence-corrected chi connectivity index (χ2v) is 9.09. The first-order valence-electron chi connectivity index (χ1n) is 9.60. The first-order valence-corrected chi connectivity index (χ1v) is 11.6. The van der Waals surface area contributed by atoms with E-state index in [1.54, 1.807) is 11.8 Å². The predicted molar refractivity (Wildman–Crippen MR) is 117 cm³/mol. The van der Waals surface area contributed by atoms with Gasteiger partial charge >= 0.3 is 0 Å². The largest absolute Gasteiger partial charge is 0.348 e. The van der Waals surface area contributed by atoms with Crippen LogP contribution in [0.5, 0.6) is 0 Å². The van der Waals surface area contributed by atoms with Gasteiger partial charge in [0.15, 0.2) is 0 Å². The van der Waals surface area contributed by atoms with Gasteiger partial charge in [0.05, 0.1) is 0 Å². The van der Waals surface area contributed by atoms with E-state index in [0.717, 1.165) is 35.1 Å². The van der Waals surface area contributed by atoms with Crippen molar-refractivity contribution in [2.24, 2.45) is 5.92 Å². The molecule has 1 N–H and O–H groups in total. The fraction of sp³-hybridized carbons (Fsp3) is 0.400. The van der Waals surface area contributed by atoms with Crippen molar-refractivity contribution in [3.8, 4) is 0 Å². The standard InChI is InChI=1S/C20H23N5O2S2/c1-13-4-3-9-24(12-13)20-23-25-18(27)16(11-22-19(25)29-20)17(26)21-10-14-5-7-15(28-2)8-6-14/h5-8,11,13H,3-4,9-10,12H2,1-2H3,(H,21,26)/t13-/m0/s1. The van der Waals surface area contributed by atoms with Crippen LogP contribution in [-0.4, -0.2) is 39.9 Å². The summed E-state index contributed by atoms with van der Waals surface area (Å²) in [6.07, 6.45) is 5.70. The van der Waals surface area contributed by atoms with E-state index in [-0.39, 0.29) is 5.56 Å². The Labute approximate surface area is 177 Å². The summed E-state index contributed by atoms with van der Waals surface area (Å²) < 4.78 is 1.25. The maximum Gasteiger partial charge on any atom is 0.288 e. The fourth-order valence-electron chi connectivity index (χ4n) is 3.44. The Hall–Kier alpha value is -2.39. The molecule has 29 heavy (non-hydrogen) atoms. The van der Waals surface area contributed by atoms with Crippen molar-refractivity contribution in [2.75, 3.05) is 24.2 Å². The second kappa shape index (κ2) is 8.54. The molecule has 3 heterocycles. The molecule has 3 aromatic rings. The Bertz CT molecular complexity index is 1080. The van der Waals surface area contributed by atoms with Gasteiger partial charge in [0.25, 0.3) is 11.5 Å². The summed E-state index contributed by atoms with van der Waals surface area (Å²) >= 11 is 3.05. The molecule has 1 saturated heterocycles. The Morgan fingerprint density at radius 2 is 2.14 bits per heavy atom. The maximum atomic E-state index is 12.8. The summed E-state index contributed by atoms with van der Waals surface area (Å²) in [7, 11) is 0. The number of carbonyl (C=O) groups is 1. The summed E-state index contributed by atoms with van der Waals surface area (Å²) in [5.74, 6) is 0.166. The molecule has 1 atom stereocenters. The van der Waals surface area contributed by atoms with E-state index in [2.05, 4.69) is 27.2 Å². The molecule has 0 unspecified atom stereocenters. The van der Waals surface area contributed by atoms with E-state index < -0.39 is 11.5 Å². The number of amides is 1. The number of hydrogen-bond donors (Lipinski definition) is 1. The number of benzene rings is 1. The lowest BCUT2D eigenvalue weighted by molar-refractivity contribution is 0.0948. The Kier molecular flexibility index (Phi) is 5.86. The number of carbonyl (C=O) groups excluding carboxylic acids is 1. The van der Waals surface area contributed by atoms with Gasteiger partial charge in [-0.15, -0.1) is 16.9 Å². The number of nitrogens with one attached hydrogen (secondary N) is 1. The lowest BCUT2D eigenvalue weighted by atomic mass is 10.0. The van der Waals surface area contributed by atoms with Crippen LogP contribution in [0.2, 0.25) is 0 Å². The van der Waals surface area contributed by atoms with Crippen molar-refractivity contribution in [2.45, 2.75) is 31.2 Å². The number of hydrogen-bond acceptors (Lipinski definition) is 7. The van der Waals surface area contributed by atoms with Gasteiger partial charge in [0.1, 0.15) is 5.56 Å². The highest BCUT2D eigenvalue weighted by atomic mass is 32.2. The monoisotopic (exact) mass is 429 g/mol. The first-order chi connectivity index (χ1) is 14.0. The highest BCUT2D eigenvalue weighted by molar-refractivity contribution is 7.98. The van der Waals surface area contributed by atoms with Gasteiger partial charge in [-0.25, -0.2) is 4.98 Å². The molecule has 2 aromatic heterocycles. The van der Waals surface area contributed by atoms with E-state index in [0.29, 0.717) is 17.4 Å². The summed E-state index contributed by atoms with van der Waals surface area (Å²) in [5, 5.41) is 8.04. The van der Waals surface area contributed by atoms with Crippen molar-refractivity contribution >= 4 is 39.1 Å². The van der Waals surface area contributed by atoms with Crippen LogP contribution in [0.1, 0.15) is 35.7 Å². The van der Waals surface area contributed by atoms with Crippen LogP contribution in [0.4, 0.5) is 5.13 Å². The minimum absolute atomic E-state index is 0.00657. The van der Waals surface area contributed by atoms with E-state index in [9.17, 15) is 9.59 Å². The molecule has 1 fully saturated rings. The van der Waals surface area contributed by atoms with Crippen LogP contribution in [0.3, 0.4) is 0 Å². The maximum absolute atomic E-state index is 12.8. The van der Waals surface area contributed by atoms with Crippen molar-refractivity contribution in [1.82, 2.24) is 19.9 Å². The number of piperidine rings is 1. The number of fused-ring (bicyclic) bond motifs is 1. The average Bonchev–Trinajstić information content (AvgIpc) is 3.18. The quantitative estimate of drug-likeness (QED) is 0.628. The fourth-order valence-corrected chi connectivity index (χ4v) is 4.75. The van der Waals surface area contributed by atoms with Gasteiger partial charge in [-0.2, -0.15) is 4.52 Å². The Balaban J connectivity index is 1.51. The van der Waals surface area contributed by atoms with E-state index in [1.165, 1.54) is 28.5 Å². The van der Waals surface area contributed by atoms with Gasteiger partial charge in [-0.05, 0) is 42.7 Å². The molecule has 1 amide bonds. The molecule has 0 saturated carbocycles. The molecule has 1 aliphatic rings. The third kappa shape index (κ3) is 4.30. The van der Waals surface area contributed by atoms with Gasteiger partial charge in [-0.1, -0.05) is 30.4 Å². The van der Waals surface area contributed by atoms with Crippen LogP contribution >= 0.6 is 23.1 Å². The Morgan fingerprint density at radius 3 is 2.86 bits per heavy atom. The molecule has 0 bridgehead atoms. The molecule has 1 aliphatic heterocycles. The molecule has 7 nitrogen and oxygen atoms in total. The zero-order valence-corrected chi connectivity index (χ0v) is 18.1. The van der Waals surface area contributed by atoms with Crippen molar-refractivity contribution in [1.29, 1.82) is 0 Å². The van der Waals surface area contributed by atoms with Crippen LogP contribution in [-0.2, 0) is 6.54 Å². The highest BCUT2D eigenvalue weighted by Gasteiger charge is 2.22. The molecule has 1 aromatic carbocycles. The van der Waals surface area contributed by atoms with Gasteiger partial charge in [-0.3, -0.25) is 9.59 Å². The van der Waals surface area contributed by atoms with Gasteiger partial charge in [0.2, 0.25) is 10.1 Å². The minimum atomic E-state index is -0.438. The Morgan fingerprint density at radius 1 is 1.34 bits per heavy atom. The first kappa shape index (κ1) is 19.9. The lowest BCUT2D eigenvalue weighted by Crippen LogP contribution is -2.34. The van der Waals surface area contributed by atoms with Crippen molar-refractivity contribution in [3.05, 3.63) is 51.9 Å². The van der Waals surface area contributed by atoms with E-state index in [4.69, 9.17) is 0 Å².